The number of carbonyl (C=O) groups is 3. The van der Waals surface area contributed by atoms with Crippen molar-refractivity contribution in [1.29, 1.82) is 0 Å². The molecule has 0 fully saturated rings. The van der Waals surface area contributed by atoms with Crippen LogP contribution in [0.5, 0.6) is 17.2 Å². The highest BCUT2D eigenvalue weighted by Gasteiger charge is 2.43. The molecule has 2 amide bonds. The van der Waals surface area contributed by atoms with E-state index in [4.69, 9.17) is 18.9 Å². The number of ether oxygens (including phenoxy) is 4. The zero-order valence-corrected chi connectivity index (χ0v) is 24.9. The van der Waals surface area contributed by atoms with Gasteiger partial charge in [0, 0.05) is 19.9 Å². The van der Waals surface area contributed by atoms with E-state index < -0.39 is 35.2 Å². The molecule has 222 valence electrons. The molecule has 0 saturated heterocycles. The van der Waals surface area contributed by atoms with E-state index >= 15 is 0 Å². The number of nitrogens with zero attached hydrogens (tertiary/aromatic N) is 1. The van der Waals surface area contributed by atoms with E-state index in [-0.39, 0.29) is 19.4 Å². The molecule has 2 atom stereocenters. The summed E-state index contributed by atoms with van der Waals surface area (Å²) in [5, 5.41) is 2.89. The minimum Gasteiger partial charge on any atom is -0.493 e. The molecule has 3 aromatic rings. The van der Waals surface area contributed by atoms with E-state index in [0.29, 0.717) is 22.8 Å². The largest absolute Gasteiger partial charge is 0.493 e. The van der Waals surface area contributed by atoms with Crippen molar-refractivity contribution >= 4 is 18.0 Å². The second-order valence-corrected chi connectivity index (χ2v) is 11.5. The van der Waals surface area contributed by atoms with Gasteiger partial charge in [0.2, 0.25) is 5.91 Å². The maximum absolute atomic E-state index is 14.1. The normalized spacial score (nSPS) is 18.6. The molecule has 0 radical (unpaired) electrons. The van der Waals surface area contributed by atoms with Crippen LogP contribution in [0.4, 0.5) is 4.79 Å². The Balaban J connectivity index is 1.73. The predicted molar refractivity (Wildman–Crippen MR) is 157 cm³/mol. The number of hydrogen-bond donors (Lipinski definition) is 1. The number of carbonyl (C=O) groups excluding carboxylic acids is 3. The average Bonchev–Trinajstić information content (AvgIpc) is 2.95. The first-order valence-electron chi connectivity index (χ1n) is 13.8. The number of benzene rings is 3. The minimum absolute atomic E-state index is 0.0456. The van der Waals surface area contributed by atoms with E-state index in [1.807, 2.05) is 42.5 Å². The van der Waals surface area contributed by atoms with Crippen LogP contribution in [-0.4, -0.2) is 54.2 Å². The SMILES string of the molecule is COc1ccc2cc1Oc1ccc(cc1)C[C@@](C)(N(C)C(=O)OC(C)(C)C)C(=O)N[C@H](C(=O)OCc1ccccc1)C2. The lowest BCUT2D eigenvalue weighted by molar-refractivity contribution is -0.150. The highest BCUT2D eigenvalue weighted by molar-refractivity contribution is 5.93. The first-order chi connectivity index (χ1) is 19.9. The molecule has 0 aliphatic carbocycles. The summed E-state index contributed by atoms with van der Waals surface area (Å²) >= 11 is 0. The van der Waals surface area contributed by atoms with Crippen LogP contribution in [0.25, 0.3) is 0 Å². The molecular weight excluding hydrogens is 536 g/mol. The first kappa shape index (κ1) is 30.4. The van der Waals surface area contributed by atoms with Gasteiger partial charge in [-0.05, 0) is 68.7 Å². The van der Waals surface area contributed by atoms with Crippen LogP contribution in [0.2, 0.25) is 0 Å². The van der Waals surface area contributed by atoms with E-state index in [0.717, 1.165) is 11.1 Å². The Kier molecular flexibility index (Phi) is 9.09. The van der Waals surface area contributed by atoms with Crippen molar-refractivity contribution in [2.24, 2.45) is 0 Å². The Morgan fingerprint density at radius 1 is 1.02 bits per heavy atom. The molecule has 0 unspecified atom stereocenters. The smallest absolute Gasteiger partial charge is 0.410 e. The van der Waals surface area contributed by atoms with E-state index in [2.05, 4.69) is 5.32 Å². The second kappa shape index (κ2) is 12.5. The fourth-order valence-corrected chi connectivity index (χ4v) is 4.58. The van der Waals surface area contributed by atoms with E-state index in [1.165, 1.54) is 11.9 Å². The third kappa shape index (κ3) is 7.40. The third-order valence-electron chi connectivity index (χ3n) is 7.08. The molecule has 9 nitrogen and oxygen atoms in total. The number of methoxy groups -OCH3 is 1. The van der Waals surface area contributed by atoms with Gasteiger partial charge in [0.05, 0.1) is 7.11 Å². The van der Waals surface area contributed by atoms with E-state index in [9.17, 15) is 14.4 Å². The summed E-state index contributed by atoms with van der Waals surface area (Å²) < 4.78 is 22.9. The summed E-state index contributed by atoms with van der Waals surface area (Å²) in [5.41, 5.74) is 0.114. The Morgan fingerprint density at radius 2 is 1.69 bits per heavy atom. The van der Waals surface area contributed by atoms with Crippen LogP contribution in [0, 0.1) is 0 Å². The maximum Gasteiger partial charge on any atom is 0.410 e. The maximum atomic E-state index is 14.1. The molecule has 5 rings (SSSR count). The highest BCUT2D eigenvalue weighted by Crippen LogP contribution is 2.34. The van der Waals surface area contributed by atoms with Gasteiger partial charge in [-0.2, -0.15) is 0 Å². The number of fused-ring (bicyclic) bond motifs is 7. The van der Waals surface area contributed by atoms with Gasteiger partial charge in [-0.1, -0.05) is 48.5 Å². The summed E-state index contributed by atoms with van der Waals surface area (Å²) in [6.45, 7) is 6.98. The van der Waals surface area contributed by atoms with Crippen molar-refractivity contribution in [2.45, 2.75) is 64.3 Å². The molecule has 0 spiro atoms. The summed E-state index contributed by atoms with van der Waals surface area (Å²) in [4.78, 5) is 42.1. The molecule has 0 saturated carbocycles. The predicted octanol–water partition coefficient (Wildman–Crippen LogP) is 5.44. The van der Waals surface area contributed by atoms with Crippen LogP contribution in [0.1, 0.15) is 44.4 Å². The minimum atomic E-state index is -1.42. The molecule has 0 aromatic heterocycles. The fraction of sp³-hybridized carbons (Fsp3) is 0.364. The number of nitrogens with one attached hydrogen (secondary N) is 1. The number of amides is 2. The van der Waals surface area contributed by atoms with Gasteiger partial charge in [-0.25, -0.2) is 9.59 Å². The van der Waals surface area contributed by atoms with Gasteiger partial charge < -0.3 is 24.3 Å². The molecule has 2 aliphatic heterocycles. The van der Waals surface area contributed by atoms with Gasteiger partial charge >= 0.3 is 12.1 Å². The number of rotatable bonds is 5. The van der Waals surface area contributed by atoms with Crippen molar-refractivity contribution in [3.63, 3.8) is 0 Å². The molecule has 42 heavy (non-hydrogen) atoms. The van der Waals surface area contributed by atoms with Crippen LogP contribution < -0.4 is 14.8 Å². The first-order valence-corrected chi connectivity index (χ1v) is 13.8. The summed E-state index contributed by atoms with van der Waals surface area (Å²) in [6, 6.07) is 20.8. The van der Waals surface area contributed by atoms with E-state index in [1.54, 1.807) is 65.1 Å². The molecule has 2 heterocycles. The summed E-state index contributed by atoms with van der Waals surface area (Å²) in [7, 11) is 3.07. The lowest BCUT2D eigenvalue weighted by Gasteiger charge is -2.39. The number of hydrogen-bond acceptors (Lipinski definition) is 7. The number of likely N-dealkylation sites (N-methyl/N-ethyl adjacent to an activating group) is 1. The topological polar surface area (TPSA) is 103 Å². The van der Waals surface area contributed by atoms with Crippen LogP contribution in [0.3, 0.4) is 0 Å². The Labute approximate surface area is 246 Å². The lowest BCUT2D eigenvalue weighted by atomic mass is 9.89. The van der Waals surface area contributed by atoms with Crippen molar-refractivity contribution in [2.75, 3.05) is 14.2 Å². The average molecular weight is 575 g/mol. The molecule has 1 N–H and O–H groups in total. The summed E-state index contributed by atoms with van der Waals surface area (Å²) in [6.07, 6.45) is -0.400. The molecule has 9 heteroatoms. The van der Waals surface area contributed by atoms with Gasteiger partial charge in [-0.15, -0.1) is 0 Å². The molecular formula is C33H38N2O7. The van der Waals surface area contributed by atoms with Crippen LogP contribution >= 0.6 is 0 Å². The molecule has 4 bridgehead atoms. The zero-order valence-electron chi connectivity index (χ0n) is 24.9. The molecule has 2 aliphatic rings. The van der Waals surface area contributed by atoms with Crippen LogP contribution in [0.15, 0.2) is 72.8 Å². The molecule has 3 aromatic carbocycles. The lowest BCUT2D eigenvalue weighted by Crippen LogP contribution is -2.62. The van der Waals surface area contributed by atoms with Crippen LogP contribution in [-0.2, 0) is 38.5 Å². The second-order valence-electron chi connectivity index (χ2n) is 11.5. The number of esters is 1. The zero-order chi connectivity index (χ0) is 30.5. The van der Waals surface area contributed by atoms with Crippen molar-refractivity contribution in [1.82, 2.24) is 10.2 Å². The van der Waals surface area contributed by atoms with Crippen molar-refractivity contribution in [3.8, 4) is 17.2 Å². The fourth-order valence-electron chi connectivity index (χ4n) is 4.58. The standard InChI is InChI=1S/C33H38N2O7/c1-32(2,3)42-31(38)35(5)33(4)20-22-12-15-25(16-13-22)41-28-19-24(14-17-27(28)39-6)18-26(34-30(33)37)29(36)40-21-23-10-8-7-9-11-23/h7-17,19,26H,18,20-21H2,1-6H3,(H,34,37)/t26-,33+/m0/s1. The van der Waals surface area contributed by atoms with Gasteiger partial charge in [0.15, 0.2) is 11.5 Å². The summed E-state index contributed by atoms with van der Waals surface area (Å²) in [5.74, 6) is 0.425. The monoisotopic (exact) mass is 574 g/mol. The quantitative estimate of drug-likeness (QED) is 0.405. The third-order valence-corrected chi connectivity index (χ3v) is 7.08. The Bertz CT molecular complexity index is 1420. The van der Waals surface area contributed by atoms with Gasteiger partial charge in [0.1, 0.15) is 29.5 Å². The van der Waals surface area contributed by atoms with Crippen molar-refractivity contribution < 1.29 is 33.3 Å². The van der Waals surface area contributed by atoms with Crippen molar-refractivity contribution in [3.05, 3.63) is 89.5 Å². The highest BCUT2D eigenvalue weighted by atomic mass is 16.6. The Morgan fingerprint density at radius 3 is 2.33 bits per heavy atom. The van der Waals surface area contributed by atoms with Gasteiger partial charge in [0.25, 0.3) is 0 Å². The van der Waals surface area contributed by atoms with Gasteiger partial charge in [-0.3, -0.25) is 9.69 Å². The Hall–Kier alpha value is -4.53.